The minimum absolute atomic E-state index is 0.00789. The van der Waals surface area contributed by atoms with Gasteiger partial charge in [-0.3, -0.25) is 4.79 Å². The van der Waals surface area contributed by atoms with Gasteiger partial charge in [-0.25, -0.2) is 4.68 Å². The zero-order valence-electron chi connectivity index (χ0n) is 15.6. The van der Waals surface area contributed by atoms with Gasteiger partial charge in [0.25, 0.3) is 0 Å². The summed E-state index contributed by atoms with van der Waals surface area (Å²) in [5, 5.41) is 8.16. The Bertz CT molecular complexity index is 971. The van der Waals surface area contributed by atoms with Crippen molar-refractivity contribution < 1.29 is 9.53 Å². The fourth-order valence-electron chi connectivity index (χ4n) is 2.63. The molecule has 0 aliphatic carbocycles. The summed E-state index contributed by atoms with van der Waals surface area (Å²) in [4.78, 5) is 16.3. The van der Waals surface area contributed by atoms with Crippen molar-refractivity contribution in [1.29, 1.82) is 0 Å². The van der Waals surface area contributed by atoms with Crippen molar-refractivity contribution in [2.75, 3.05) is 12.4 Å². The molecule has 0 saturated carbocycles. The smallest absolute Gasteiger partial charge is 0.336 e. The molecule has 3 rings (SSSR count). The van der Waals surface area contributed by atoms with Gasteiger partial charge in [-0.1, -0.05) is 36.5 Å². The highest BCUT2D eigenvalue weighted by Gasteiger charge is 2.15. The molecule has 146 valence electrons. The second kappa shape index (κ2) is 9.08. The number of carbonyl (C=O) groups excluding carboxylic acids is 1. The van der Waals surface area contributed by atoms with E-state index in [0.717, 1.165) is 29.8 Å². The maximum atomic E-state index is 11.9. The third kappa shape index (κ3) is 4.64. The van der Waals surface area contributed by atoms with Crippen molar-refractivity contribution in [3.05, 3.63) is 52.5 Å². The standard InChI is InChI=1S/C20H20Cl2N4O2/c1-3-4-5-18(27)23-14-7-9-15(10-8-14)26-19(24-20(25-26)28-2)13-6-11-16(21)17(22)12-13/h6-12H,3-5H2,1-2H3,(H,23,27). The van der Waals surface area contributed by atoms with E-state index in [0.29, 0.717) is 22.3 Å². The summed E-state index contributed by atoms with van der Waals surface area (Å²) in [6.07, 6.45) is 2.37. The lowest BCUT2D eigenvalue weighted by molar-refractivity contribution is -0.116. The van der Waals surface area contributed by atoms with E-state index in [1.807, 2.05) is 30.3 Å². The van der Waals surface area contributed by atoms with Crippen LogP contribution < -0.4 is 10.1 Å². The minimum Gasteiger partial charge on any atom is -0.466 e. The fourth-order valence-corrected chi connectivity index (χ4v) is 2.93. The van der Waals surface area contributed by atoms with Crippen LogP contribution in [0, 0.1) is 0 Å². The van der Waals surface area contributed by atoms with Gasteiger partial charge in [0.05, 0.1) is 22.8 Å². The zero-order chi connectivity index (χ0) is 20.1. The number of anilines is 1. The lowest BCUT2D eigenvalue weighted by Crippen LogP contribution is -2.11. The Morgan fingerprint density at radius 3 is 2.54 bits per heavy atom. The summed E-state index contributed by atoms with van der Waals surface area (Å²) in [7, 11) is 1.51. The second-order valence-electron chi connectivity index (χ2n) is 6.16. The Labute approximate surface area is 173 Å². The van der Waals surface area contributed by atoms with Crippen molar-refractivity contribution in [2.24, 2.45) is 0 Å². The molecular formula is C20H20Cl2N4O2. The molecule has 6 nitrogen and oxygen atoms in total. The summed E-state index contributed by atoms with van der Waals surface area (Å²) >= 11 is 12.2. The van der Waals surface area contributed by atoms with Crippen LogP contribution >= 0.6 is 23.2 Å². The molecule has 0 aliphatic rings. The molecule has 0 bridgehead atoms. The predicted molar refractivity (Wildman–Crippen MR) is 112 cm³/mol. The Balaban J connectivity index is 1.89. The molecule has 1 N–H and O–H groups in total. The Morgan fingerprint density at radius 1 is 1.14 bits per heavy atom. The molecule has 0 unspecified atom stereocenters. The van der Waals surface area contributed by atoms with E-state index in [9.17, 15) is 4.79 Å². The third-order valence-corrected chi connectivity index (χ3v) is 4.84. The van der Waals surface area contributed by atoms with Gasteiger partial charge < -0.3 is 10.1 Å². The number of amides is 1. The SMILES string of the molecule is CCCCC(=O)Nc1ccc(-n2nc(OC)nc2-c2ccc(Cl)c(Cl)c2)cc1. The predicted octanol–water partition coefficient (Wildman–Crippen LogP) is 5.38. The van der Waals surface area contributed by atoms with Crippen LogP contribution in [0.5, 0.6) is 6.01 Å². The van der Waals surface area contributed by atoms with Crippen molar-refractivity contribution >= 4 is 34.8 Å². The van der Waals surface area contributed by atoms with Crippen LogP contribution in [0.15, 0.2) is 42.5 Å². The number of rotatable bonds is 7. The molecule has 0 spiro atoms. The summed E-state index contributed by atoms with van der Waals surface area (Å²) in [5.41, 5.74) is 2.25. The third-order valence-electron chi connectivity index (χ3n) is 4.10. The van der Waals surface area contributed by atoms with Gasteiger partial charge >= 0.3 is 6.01 Å². The summed E-state index contributed by atoms with van der Waals surface area (Å²) in [5.74, 6) is 0.573. The van der Waals surface area contributed by atoms with E-state index in [2.05, 4.69) is 22.3 Å². The molecular weight excluding hydrogens is 399 g/mol. The van der Waals surface area contributed by atoms with Gasteiger partial charge in [-0.2, -0.15) is 4.98 Å². The number of hydrogen-bond donors (Lipinski definition) is 1. The van der Waals surface area contributed by atoms with E-state index in [1.165, 1.54) is 7.11 Å². The molecule has 1 heterocycles. The van der Waals surface area contributed by atoms with E-state index < -0.39 is 0 Å². The molecule has 0 fully saturated rings. The van der Waals surface area contributed by atoms with Crippen molar-refractivity contribution in [1.82, 2.24) is 14.8 Å². The molecule has 0 aliphatic heterocycles. The number of carbonyl (C=O) groups is 1. The van der Waals surface area contributed by atoms with Crippen molar-refractivity contribution in [2.45, 2.75) is 26.2 Å². The number of methoxy groups -OCH3 is 1. The summed E-state index contributed by atoms with van der Waals surface area (Å²) < 4.78 is 6.84. The van der Waals surface area contributed by atoms with Crippen molar-refractivity contribution in [3.8, 4) is 23.1 Å². The molecule has 1 aromatic heterocycles. The highest BCUT2D eigenvalue weighted by atomic mass is 35.5. The number of benzene rings is 2. The first-order valence-electron chi connectivity index (χ1n) is 8.88. The van der Waals surface area contributed by atoms with E-state index in [4.69, 9.17) is 27.9 Å². The maximum absolute atomic E-state index is 11.9. The second-order valence-corrected chi connectivity index (χ2v) is 6.98. The van der Waals surface area contributed by atoms with Crippen LogP contribution in [0.2, 0.25) is 10.0 Å². The van der Waals surface area contributed by atoms with Gasteiger partial charge in [0.15, 0.2) is 5.82 Å². The monoisotopic (exact) mass is 418 g/mol. The fraction of sp³-hybridized carbons (Fsp3) is 0.250. The first-order chi connectivity index (χ1) is 13.5. The lowest BCUT2D eigenvalue weighted by Gasteiger charge is -2.09. The maximum Gasteiger partial charge on any atom is 0.336 e. The van der Waals surface area contributed by atoms with E-state index in [-0.39, 0.29) is 11.9 Å². The molecule has 0 saturated heterocycles. The van der Waals surface area contributed by atoms with Crippen LogP contribution in [-0.4, -0.2) is 27.8 Å². The molecule has 1 amide bonds. The Kier molecular flexibility index (Phi) is 6.54. The highest BCUT2D eigenvalue weighted by molar-refractivity contribution is 6.42. The Morgan fingerprint density at radius 2 is 1.89 bits per heavy atom. The number of hydrogen-bond acceptors (Lipinski definition) is 4. The van der Waals surface area contributed by atoms with E-state index >= 15 is 0 Å². The van der Waals surface area contributed by atoms with Gasteiger partial charge in [-0.15, -0.1) is 5.10 Å². The number of unbranched alkanes of at least 4 members (excludes halogenated alkanes) is 1. The summed E-state index contributed by atoms with van der Waals surface area (Å²) in [6.45, 7) is 2.06. The largest absolute Gasteiger partial charge is 0.466 e. The van der Waals surface area contributed by atoms with Gasteiger partial charge in [0.2, 0.25) is 5.91 Å². The van der Waals surface area contributed by atoms with Gasteiger partial charge in [0, 0.05) is 17.7 Å². The Hall–Kier alpha value is -2.57. The van der Waals surface area contributed by atoms with Crippen LogP contribution in [0.1, 0.15) is 26.2 Å². The van der Waals surface area contributed by atoms with Gasteiger partial charge in [-0.05, 0) is 48.9 Å². The molecule has 3 aromatic rings. The highest BCUT2D eigenvalue weighted by Crippen LogP contribution is 2.30. The molecule has 0 radical (unpaired) electrons. The topological polar surface area (TPSA) is 69.0 Å². The molecule has 0 atom stereocenters. The van der Waals surface area contributed by atoms with Crippen LogP contribution in [0.25, 0.3) is 17.1 Å². The number of nitrogens with zero attached hydrogens (tertiary/aromatic N) is 3. The number of aromatic nitrogens is 3. The van der Waals surface area contributed by atoms with Crippen LogP contribution in [-0.2, 0) is 4.79 Å². The molecule has 28 heavy (non-hydrogen) atoms. The van der Waals surface area contributed by atoms with E-state index in [1.54, 1.807) is 16.8 Å². The van der Waals surface area contributed by atoms with Crippen LogP contribution in [0.4, 0.5) is 5.69 Å². The van der Waals surface area contributed by atoms with Crippen LogP contribution in [0.3, 0.4) is 0 Å². The van der Waals surface area contributed by atoms with Gasteiger partial charge in [0.1, 0.15) is 0 Å². The first kappa shape index (κ1) is 20.2. The zero-order valence-corrected chi connectivity index (χ0v) is 17.1. The number of nitrogens with one attached hydrogen (secondary N) is 1. The molecule has 2 aromatic carbocycles. The lowest BCUT2D eigenvalue weighted by atomic mass is 10.2. The number of halogens is 2. The average Bonchev–Trinajstić information content (AvgIpc) is 3.13. The quantitative estimate of drug-likeness (QED) is 0.559. The van der Waals surface area contributed by atoms with Crippen molar-refractivity contribution in [3.63, 3.8) is 0 Å². The normalized spacial score (nSPS) is 10.7. The summed E-state index contributed by atoms with van der Waals surface area (Å²) in [6, 6.07) is 12.8. The minimum atomic E-state index is 0.00789. The molecule has 8 heteroatoms. The average molecular weight is 419 g/mol. The first-order valence-corrected chi connectivity index (χ1v) is 9.64. The number of ether oxygens (including phenoxy) is 1.